The molecule has 1 amide bonds. The van der Waals surface area contributed by atoms with Crippen molar-refractivity contribution in [2.24, 2.45) is 13.0 Å². The number of hydrogen-bond acceptors (Lipinski definition) is 7. The molecule has 0 spiro atoms. The topological polar surface area (TPSA) is 99.1 Å². The van der Waals surface area contributed by atoms with Crippen molar-refractivity contribution in [3.05, 3.63) is 64.6 Å². The lowest BCUT2D eigenvalue weighted by Gasteiger charge is -2.29. The highest BCUT2D eigenvalue weighted by molar-refractivity contribution is 6.34. The fourth-order valence-corrected chi connectivity index (χ4v) is 6.21. The van der Waals surface area contributed by atoms with Gasteiger partial charge in [-0.25, -0.2) is 4.39 Å². The molecule has 1 aromatic heterocycles. The van der Waals surface area contributed by atoms with Crippen LogP contribution in [0.5, 0.6) is 0 Å². The number of nitrogens with zero attached hydrogens (tertiary/aromatic N) is 2. The number of anilines is 1. The first kappa shape index (κ1) is 31.1. The van der Waals surface area contributed by atoms with E-state index in [1.165, 1.54) is 19.2 Å². The summed E-state index contributed by atoms with van der Waals surface area (Å²) in [6, 6.07) is 10.5. The number of halogens is 2. The Hall–Kier alpha value is -3.31. The predicted octanol–water partition coefficient (Wildman–Crippen LogP) is 5.48. The number of rotatable bonds is 11. The standard InChI is InChI=1S/C32H37ClFN3O6/c1-36-17-26(25-7-3-4-8-28(25)36)31(39)35-27-14-11-21(30(34)29(27)33)16-23(38)19-43-37-15-5-6-22(37)18-42-24-12-9-20(10-13-24)32(40)41-2/h3-4,7-8,11,14,17,20,22,24H,5-6,9-10,12-13,15-16,18-19H2,1-2H3,(H,35,39)/t20?,22-,24?/m0/s1. The minimum Gasteiger partial charge on any atom is -0.469 e. The molecule has 2 heterocycles. The summed E-state index contributed by atoms with van der Waals surface area (Å²) in [5.74, 6) is -1.66. The molecule has 0 unspecified atom stereocenters. The molecule has 1 saturated heterocycles. The first-order valence-electron chi connectivity index (χ1n) is 14.7. The van der Waals surface area contributed by atoms with Gasteiger partial charge in [0.15, 0.2) is 5.78 Å². The fourth-order valence-electron chi connectivity index (χ4n) is 5.98. The van der Waals surface area contributed by atoms with E-state index >= 15 is 4.39 Å². The van der Waals surface area contributed by atoms with E-state index in [-0.39, 0.29) is 59.1 Å². The van der Waals surface area contributed by atoms with E-state index < -0.39 is 11.7 Å². The van der Waals surface area contributed by atoms with Crippen LogP contribution in [0.1, 0.15) is 54.4 Å². The number of methoxy groups -OCH3 is 1. The van der Waals surface area contributed by atoms with Gasteiger partial charge in [0.05, 0.1) is 43.0 Å². The molecule has 11 heteroatoms. The number of aryl methyl sites for hydroxylation is 1. The summed E-state index contributed by atoms with van der Waals surface area (Å²) in [7, 11) is 3.27. The maximum Gasteiger partial charge on any atom is 0.308 e. The summed E-state index contributed by atoms with van der Waals surface area (Å²) in [6.07, 6.45) is 6.57. The van der Waals surface area contributed by atoms with Crippen LogP contribution in [0.3, 0.4) is 0 Å². The lowest BCUT2D eigenvalue weighted by Crippen LogP contribution is -2.37. The van der Waals surface area contributed by atoms with E-state index in [0.717, 1.165) is 49.4 Å². The van der Waals surface area contributed by atoms with E-state index in [9.17, 15) is 14.4 Å². The number of ketones is 1. The summed E-state index contributed by atoms with van der Waals surface area (Å²) in [5, 5.41) is 5.00. The zero-order valence-electron chi connectivity index (χ0n) is 24.4. The Morgan fingerprint density at radius 2 is 1.84 bits per heavy atom. The number of nitrogens with one attached hydrogen (secondary N) is 1. The van der Waals surface area contributed by atoms with Crippen LogP contribution in [0, 0.1) is 11.7 Å². The Balaban J connectivity index is 1.10. The van der Waals surface area contributed by atoms with Gasteiger partial charge >= 0.3 is 5.97 Å². The highest BCUT2D eigenvalue weighted by Gasteiger charge is 2.31. The SMILES string of the molecule is COC(=O)C1CCC(OC[C@@H]2CCCN2OCC(=O)Cc2ccc(NC(=O)c3cn(C)c4ccccc34)c(Cl)c2F)CC1. The molecule has 0 bridgehead atoms. The number of fused-ring (bicyclic) bond motifs is 1. The summed E-state index contributed by atoms with van der Waals surface area (Å²) in [6.45, 7) is 0.969. The predicted molar refractivity (Wildman–Crippen MR) is 160 cm³/mol. The summed E-state index contributed by atoms with van der Waals surface area (Å²) >= 11 is 6.28. The smallest absolute Gasteiger partial charge is 0.308 e. The molecule has 9 nitrogen and oxygen atoms in total. The molecule has 1 N–H and O–H groups in total. The number of hydroxylamine groups is 2. The van der Waals surface area contributed by atoms with Gasteiger partial charge in [-0.1, -0.05) is 35.9 Å². The molecule has 1 atom stereocenters. The van der Waals surface area contributed by atoms with E-state index in [1.54, 1.807) is 11.3 Å². The van der Waals surface area contributed by atoms with Gasteiger partial charge in [0, 0.05) is 37.1 Å². The van der Waals surface area contributed by atoms with Crippen LogP contribution in [0.15, 0.2) is 42.6 Å². The molecule has 2 aliphatic rings. The molecule has 2 aromatic carbocycles. The van der Waals surface area contributed by atoms with Crippen LogP contribution in [-0.2, 0) is 37.4 Å². The lowest BCUT2D eigenvalue weighted by atomic mass is 9.87. The number of Topliss-reactive ketones (excluding diaryl/α,β-unsaturated/α-hetero) is 1. The van der Waals surface area contributed by atoms with Gasteiger partial charge in [-0.2, -0.15) is 5.06 Å². The van der Waals surface area contributed by atoms with E-state index in [2.05, 4.69) is 5.32 Å². The van der Waals surface area contributed by atoms with Crippen molar-refractivity contribution in [3.8, 4) is 0 Å². The van der Waals surface area contributed by atoms with Gasteiger partial charge in [-0.15, -0.1) is 0 Å². The van der Waals surface area contributed by atoms with Crippen molar-refractivity contribution in [3.63, 3.8) is 0 Å². The third-order valence-electron chi connectivity index (χ3n) is 8.39. The number of esters is 1. The van der Waals surface area contributed by atoms with Gasteiger partial charge in [0.1, 0.15) is 17.4 Å². The second-order valence-corrected chi connectivity index (χ2v) is 11.7. The second kappa shape index (κ2) is 14.0. The van der Waals surface area contributed by atoms with Crippen molar-refractivity contribution in [1.29, 1.82) is 0 Å². The summed E-state index contributed by atoms with van der Waals surface area (Å²) in [4.78, 5) is 43.3. The van der Waals surface area contributed by atoms with Crippen molar-refractivity contribution >= 4 is 45.9 Å². The fraction of sp³-hybridized carbons (Fsp3) is 0.469. The Bertz CT molecular complexity index is 1490. The minimum atomic E-state index is -0.750. The van der Waals surface area contributed by atoms with Gasteiger partial charge in [0.25, 0.3) is 5.91 Å². The first-order chi connectivity index (χ1) is 20.7. The molecule has 0 radical (unpaired) electrons. The largest absolute Gasteiger partial charge is 0.469 e. The first-order valence-corrected chi connectivity index (χ1v) is 15.1. The zero-order chi connectivity index (χ0) is 30.5. The number of hydrogen-bond donors (Lipinski definition) is 1. The van der Waals surface area contributed by atoms with Crippen LogP contribution in [0.2, 0.25) is 5.02 Å². The van der Waals surface area contributed by atoms with Gasteiger partial charge in [0.2, 0.25) is 0 Å². The van der Waals surface area contributed by atoms with Gasteiger partial charge in [-0.3, -0.25) is 19.2 Å². The quantitative estimate of drug-likeness (QED) is 0.286. The van der Waals surface area contributed by atoms with E-state index in [0.29, 0.717) is 18.7 Å². The Labute approximate surface area is 255 Å². The average Bonchev–Trinajstić information content (AvgIpc) is 3.62. The number of amides is 1. The van der Waals surface area contributed by atoms with Crippen LogP contribution in [0.25, 0.3) is 10.9 Å². The van der Waals surface area contributed by atoms with E-state index in [4.69, 9.17) is 25.9 Å². The second-order valence-electron chi connectivity index (χ2n) is 11.3. The lowest BCUT2D eigenvalue weighted by molar-refractivity contribution is -0.186. The number of aromatic nitrogens is 1. The van der Waals surface area contributed by atoms with Crippen LogP contribution >= 0.6 is 11.6 Å². The number of benzene rings is 2. The zero-order valence-corrected chi connectivity index (χ0v) is 25.2. The Morgan fingerprint density at radius 3 is 2.60 bits per heavy atom. The highest BCUT2D eigenvalue weighted by atomic mass is 35.5. The molecule has 5 rings (SSSR count). The number of ether oxygens (including phenoxy) is 2. The van der Waals surface area contributed by atoms with E-state index in [1.807, 2.05) is 35.9 Å². The molecule has 3 aromatic rings. The van der Waals surface area contributed by atoms with Crippen molar-refractivity contribution in [2.45, 2.75) is 57.1 Å². The minimum absolute atomic E-state index is 0.0296. The van der Waals surface area contributed by atoms with Crippen LogP contribution in [-0.4, -0.2) is 66.3 Å². The third kappa shape index (κ3) is 7.26. The molecule has 43 heavy (non-hydrogen) atoms. The molecule has 1 aliphatic heterocycles. The van der Waals surface area contributed by atoms with Crippen molar-refractivity contribution in [2.75, 3.05) is 32.2 Å². The molecule has 1 saturated carbocycles. The van der Waals surface area contributed by atoms with Crippen LogP contribution in [0.4, 0.5) is 10.1 Å². The molecule has 1 aliphatic carbocycles. The maximum absolute atomic E-state index is 15.2. The highest BCUT2D eigenvalue weighted by Crippen LogP contribution is 2.30. The van der Waals surface area contributed by atoms with Gasteiger partial charge in [-0.05, 0) is 56.2 Å². The monoisotopic (exact) mass is 613 g/mol. The van der Waals surface area contributed by atoms with Crippen molar-refractivity contribution < 1.29 is 33.1 Å². The van der Waals surface area contributed by atoms with Crippen LogP contribution < -0.4 is 5.32 Å². The summed E-state index contributed by atoms with van der Waals surface area (Å²) in [5.41, 5.74) is 1.60. The molecular formula is C32H37ClFN3O6. The molecular weight excluding hydrogens is 577 g/mol. The Morgan fingerprint density at radius 1 is 1.07 bits per heavy atom. The average molecular weight is 614 g/mol. The molecule has 2 fully saturated rings. The number of carbonyl (C=O) groups excluding carboxylic acids is 3. The number of carbonyl (C=O) groups is 3. The normalized spacial score (nSPS) is 20.8. The number of para-hydroxylation sites is 1. The van der Waals surface area contributed by atoms with Crippen molar-refractivity contribution in [1.82, 2.24) is 9.63 Å². The van der Waals surface area contributed by atoms with Gasteiger partial charge < -0.3 is 19.4 Å². The molecule has 230 valence electrons. The Kier molecular flexibility index (Phi) is 10.1. The maximum atomic E-state index is 15.2. The third-order valence-corrected chi connectivity index (χ3v) is 8.76. The summed E-state index contributed by atoms with van der Waals surface area (Å²) < 4.78 is 28.0.